The van der Waals surface area contributed by atoms with Gasteiger partial charge in [-0.2, -0.15) is 0 Å². The van der Waals surface area contributed by atoms with Crippen molar-refractivity contribution < 1.29 is 0 Å². The smallest absolute Gasteiger partial charge is 0.0541 e. The van der Waals surface area contributed by atoms with E-state index in [9.17, 15) is 0 Å². The van der Waals surface area contributed by atoms with Gasteiger partial charge in [0.25, 0.3) is 0 Å². The van der Waals surface area contributed by atoms with E-state index in [2.05, 4.69) is 316 Å². The van der Waals surface area contributed by atoms with Crippen LogP contribution in [0.15, 0.2) is 182 Å². The van der Waals surface area contributed by atoms with Gasteiger partial charge in [0.15, 0.2) is 0 Å². The zero-order chi connectivity index (χ0) is 57.2. The van der Waals surface area contributed by atoms with Gasteiger partial charge >= 0.3 is 0 Å². The minimum absolute atomic E-state index is 0.0305. The van der Waals surface area contributed by atoms with Gasteiger partial charge in [-0.3, -0.25) is 0 Å². The molecule has 0 radical (unpaired) electrons. The Morgan fingerprint density at radius 3 is 0.588 bits per heavy atom. The van der Waals surface area contributed by atoms with Gasteiger partial charge < -0.3 is 9.13 Å². The highest BCUT2D eigenvalue weighted by Crippen LogP contribution is 2.46. The van der Waals surface area contributed by atoms with Gasteiger partial charge in [-0.1, -0.05) is 222 Å². The summed E-state index contributed by atoms with van der Waals surface area (Å²) in [4.78, 5) is 0. The van der Waals surface area contributed by atoms with Crippen molar-refractivity contribution in [1.82, 2.24) is 9.13 Å². The van der Waals surface area contributed by atoms with Crippen molar-refractivity contribution in [2.24, 2.45) is 0 Å². The molecule has 2 aromatic heterocycles. The van der Waals surface area contributed by atoms with Crippen LogP contribution in [0.2, 0.25) is 0 Å². The molecule has 11 rings (SSSR count). The lowest BCUT2D eigenvalue weighted by molar-refractivity contribution is 0.590. The van der Waals surface area contributed by atoms with E-state index in [0.29, 0.717) is 0 Å². The number of hydrogen-bond donors (Lipinski definition) is 0. The molecule has 0 amide bonds. The van der Waals surface area contributed by atoms with Crippen LogP contribution in [-0.4, -0.2) is 9.13 Å². The summed E-state index contributed by atoms with van der Waals surface area (Å²) in [5.41, 5.74) is 25.0. The highest BCUT2D eigenvalue weighted by atomic mass is 15.0. The third-order valence-corrected chi connectivity index (χ3v) is 17.1. The molecule has 0 aliphatic rings. The van der Waals surface area contributed by atoms with Gasteiger partial charge in [0.1, 0.15) is 0 Å². The predicted octanol–water partition coefficient (Wildman–Crippen LogP) is 22.3. The van der Waals surface area contributed by atoms with Crippen molar-refractivity contribution in [3.05, 3.63) is 215 Å². The van der Waals surface area contributed by atoms with Gasteiger partial charge in [-0.15, -0.1) is 0 Å². The number of hydrogen-bond acceptors (Lipinski definition) is 0. The van der Waals surface area contributed by atoms with Crippen LogP contribution in [0.25, 0.3) is 99.5 Å². The van der Waals surface area contributed by atoms with Crippen LogP contribution in [0.1, 0.15) is 158 Å². The van der Waals surface area contributed by atoms with Crippen LogP contribution in [0.3, 0.4) is 0 Å². The third-order valence-electron chi connectivity index (χ3n) is 17.1. The quantitative estimate of drug-likeness (QED) is 0.157. The molecule has 0 atom stereocenters. The number of rotatable bonds is 6. The lowest BCUT2D eigenvalue weighted by Crippen LogP contribution is -2.10. The lowest BCUT2D eigenvalue weighted by atomic mass is 9.82. The van der Waals surface area contributed by atoms with Crippen molar-refractivity contribution in [2.75, 3.05) is 0 Å². The number of benzene rings is 9. The maximum Gasteiger partial charge on any atom is 0.0541 e. The normalized spacial score (nSPS) is 13.1. The summed E-state index contributed by atoms with van der Waals surface area (Å²) < 4.78 is 4.94. The molecular formula is C78H84N2. The molecule has 0 saturated heterocycles. The van der Waals surface area contributed by atoms with Gasteiger partial charge in [0.05, 0.1) is 22.1 Å². The Balaban J connectivity index is 1.10. The maximum atomic E-state index is 2.48. The van der Waals surface area contributed by atoms with Crippen molar-refractivity contribution in [1.29, 1.82) is 0 Å². The Morgan fingerprint density at radius 2 is 0.388 bits per heavy atom. The Hall–Kier alpha value is -7.42. The second-order valence-corrected chi connectivity index (χ2v) is 29.3. The van der Waals surface area contributed by atoms with Gasteiger partial charge in [-0.05, 0) is 195 Å². The van der Waals surface area contributed by atoms with Crippen molar-refractivity contribution >= 4 is 43.6 Å². The molecule has 2 heteroatoms. The lowest BCUT2D eigenvalue weighted by Gasteiger charge is -2.22. The highest BCUT2D eigenvalue weighted by molar-refractivity contribution is 6.11. The molecule has 0 spiro atoms. The van der Waals surface area contributed by atoms with Crippen LogP contribution in [0, 0.1) is 0 Å². The summed E-state index contributed by atoms with van der Waals surface area (Å²) >= 11 is 0. The van der Waals surface area contributed by atoms with E-state index in [1.165, 1.54) is 122 Å². The standard InChI is InChI=1S/C78H84N2/c1-73(2,3)53-27-19-49(20-28-53)61-47-64(52-25-37-60(38-26-52)80-71-41-33-57(77(13,14)15)45-67(71)68-46-58(78(16,17)18)34-42-72(68)80)62(50-21-29-54(30-22-50)74(4,5)6)48-63(61)51-23-35-59(36-24-51)79-69-39-31-55(75(7,8)9)43-65(69)66-44-56(76(10,11)12)32-40-70(66)79/h19-48H,1-18H3. The van der Waals surface area contributed by atoms with Gasteiger partial charge in [0.2, 0.25) is 0 Å². The van der Waals surface area contributed by atoms with E-state index < -0.39 is 0 Å². The molecular weight excluding hydrogens is 965 g/mol. The van der Waals surface area contributed by atoms with Gasteiger partial charge in [-0.25, -0.2) is 0 Å². The Bertz CT molecular complexity index is 3730. The topological polar surface area (TPSA) is 9.86 Å². The fraction of sp³-hybridized carbons (Fsp3) is 0.308. The molecule has 2 nitrogen and oxygen atoms in total. The van der Waals surface area contributed by atoms with Gasteiger partial charge in [0, 0.05) is 32.9 Å². The van der Waals surface area contributed by atoms with E-state index in [0.717, 1.165) is 11.4 Å². The Morgan fingerprint density at radius 1 is 0.200 bits per heavy atom. The maximum absolute atomic E-state index is 2.48. The summed E-state index contributed by atoms with van der Waals surface area (Å²) in [5.74, 6) is 0. The molecule has 11 aromatic rings. The number of nitrogens with zero attached hydrogens (tertiary/aromatic N) is 2. The summed E-state index contributed by atoms with van der Waals surface area (Å²) in [7, 11) is 0. The predicted molar refractivity (Wildman–Crippen MR) is 349 cm³/mol. The summed E-state index contributed by atoms with van der Waals surface area (Å²) in [6, 6.07) is 70.8. The van der Waals surface area contributed by atoms with Crippen molar-refractivity contribution in [3.63, 3.8) is 0 Å². The van der Waals surface area contributed by atoms with Crippen LogP contribution >= 0.6 is 0 Å². The first-order chi connectivity index (χ1) is 37.4. The first-order valence-electron chi connectivity index (χ1n) is 29.2. The minimum atomic E-state index is 0.0305. The summed E-state index contributed by atoms with van der Waals surface area (Å²) in [6.45, 7) is 41.5. The van der Waals surface area contributed by atoms with Crippen molar-refractivity contribution in [2.45, 2.75) is 157 Å². The zero-order valence-electron chi connectivity index (χ0n) is 51.2. The van der Waals surface area contributed by atoms with E-state index in [-0.39, 0.29) is 32.5 Å². The average Bonchev–Trinajstić information content (AvgIpc) is 4.16. The van der Waals surface area contributed by atoms with E-state index in [4.69, 9.17) is 0 Å². The number of fused-ring (bicyclic) bond motifs is 6. The molecule has 0 saturated carbocycles. The van der Waals surface area contributed by atoms with Crippen molar-refractivity contribution in [3.8, 4) is 55.9 Å². The summed E-state index contributed by atoms with van der Waals surface area (Å²) in [5, 5.41) is 5.20. The number of aromatic nitrogens is 2. The largest absolute Gasteiger partial charge is 0.309 e. The SMILES string of the molecule is CC(C)(C)c1ccc(-c2cc(-c3ccc(-n4c5ccc(C(C)(C)C)cc5c5cc(C(C)(C)C)ccc54)cc3)c(-c3ccc(C(C)(C)C)cc3)cc2-c2ccc(-n3c4ccc(C(C)(C)C)cc4c4cc(C(C)(C)C)ccc43)cc2)cc1. The molecule has 2 heterocycles. The Kier molecular flexibility index (Phi) is 13.0. The van der Waals surface area contributed by atoms with Crippen LogP contribution in [0.4, 0.5) is 0 Å². The second kappa shape index (κ2) is 19.1. The zero-order valence-corrected chi connectivity index (χ0v) is 51.2. The van der Waals surface area contributed by atoms with Crippen LogP contribution in [-0.2, 0) is 32.5 Å². The average molecular weight is 1050 g/mol. The molecule has 0 aliphatic carbocycles. The molecule has 0 bridgehead atoms. The summed E-state index contributed by atoms with van der Waals surface area (Å²) in [6.07, 6.45) is 0. The first kappa shape index (κ1) is 54.5. The molecule has 0 unspecified atom stereocenters. The first-order valence-corrected chi connectivity index (χ1v) is 29.2. The molecule has 0 N–H and O–H groups in total. The fourth-order valence-electron chi connectivity index (χ4n) is 11.9. The third kappa shape index (κ3) is 10.0. The Labute approximate surface area is 478 Å². The fourth-order valence-corrected chi connectivity index (χ4v) is 11.9. The molecule has 0 fully saturated rings. The molecule has 80 heavy (non-hydrogen) atoms. The highest BCUT2D eigenvalue weighted by Gasteiger charge is 2.25. The van der Waals surface area contributed by atoms with E-state index >= 15 is 0 Å². The molecule has 0 aliphatic heterocycles. The van der Waals surface area contributed by atoms with Crippen LogP contribution < -0.4 is 0 Å². The van der Waals surface area contributed by atoms with E-state index in [1.807, 2.05) is 0 Å². The minimum Gasteiger partial charge on any atom is -0.309 e. The second-order valence-electron chi connectivity index (χ2n) is 29.3. The molecule has 406 valence electrons. The van der Waals surface area contributed by atoms with Crippen LogP contribution in [0.5, 0.6) is 0 Å². The monoisotopic (exact) mass is 1050 g/mol. The van der Waals surface area contributed by atoms with E-state index in [1.54, 1.807) is 0 Å². The molecule has 9 aromatic carbocycles.